The Morgan fingerprint density at radius 3 is 0.821 bits per heavy atom. The standard InChI is InChI=1S/C72H120O6/c1-4-7-10-13-16-19-22-25-26-27-28-29-30-31-32-33-34-35-36-37-38-39-40-41-42-43-44-45-46-48-50-53-56-59-62-65-71(74)77-68-69(67-76-70(73)64-61-58-55-52-49-24-21-18-15-12-9-6-3)78-72(75)66-63-60-57-54-51-47-23-20-17-14-11-8-5-2/h7,10,16,18-21,23,25-26,28-29,31-32,34-35,37-38,40-41,69H,4-6,8-9,11-15,17,22,24,27,30,33,36,39,42-68H2,1-3H3/b10-7-,19-16-,21-18-,23-20-,26-25-,29-28-,32-31-,35-34-,38-37-,41-40-. The Balaban J connectivity index is 4.18. The summed E-state index contributed by atoms with van der Waals surface area (Å²) in [6.07, 6.45) is 90.7. The van der Waals surface area contributed by atoms with Gasteiger partial charge in [-0.25, -0.2) is 0 Å². The Hall–Kier alpha value is -4.19. The second-order valence-corrected chi connectivity index (χ2v) is 21.3. The monoisotopic (exact) mass is 1080 g/mol. The molecule has 0 amide bonds. The summed E-state index contributed by atoms with van der Waals surface area (Å²) in [4.78, 5) is 38.2. The highest BCUT2D eigenvalue weighted by Gasteiger charge is 2.19. The average Bonchev–Trinajstić information content (AvgIpc) is 3.44. The maximum absolute atomic E-state index is 12.8. The lowest BCUT2D eigenvalue weighted by Gasteiger charge is -2.18. The largest absolute Gasteiger partial charge is 0.462 e. The quantitative estimate of drug-likeness (QED) is 0.0261. The normalized spacial score (nSPS) is 12.9. The molecule has 1 unspecified atom stereocenters. The third-order valence-corrected chi connectivity index (χ3v) is 13.7. The number of hydrogen-bond donors (Lipinski definition) is 0. The Morgan fingerprint density at radius 2 is 0.500 bits per heavy atom. The van der Waals surface area contributed by atoms with Crippen molar-refractivity contribution in [1.29, 1.82) is 0 Å². The van der Waals surface area contributed by atoms with Crippen LogP contribution < -0.4 is 0 Å². The highest BCUT2D eigenvalue weighted by molar-refractivity contribution is 5.71. The SMILES string of the molecule is CC/C=C\C/C=C\C/C=C\C/C=C\C/C=C\C/C=C\C/C=C\C/C=C\CCCCCCCCCCCCC(=O)OCC(COC(=O)CCCCCCC/C=C\CCCCC)OC(=O)CCCCCCC/C=C\CCCCCC. The topological polar surface area (TPSA) is 78.9 Å². The zero-order chi connectivity index (χ0) is 56.4. The molecular weight excluding hydrogens is 961 g/mol. The predicted octanol–water partition coefficient (Wildman–Crippen LogP) is 22.4. The number of rotatable bonds is 58. The molecule has 6 heteroatoms. The Labute approximate surface area is 482 Å². The molecule has 0 fully saturated rings. The van der Waals surface area contributed by atoms with E-state index in [-0.39, 0.29) is 31.1 Å². The fourth-order valence-electron chi connectivity index (χ4n) is 8.80. The van der Waals surface area contributed by atoms with Gasteiger partial charge in [-0.05, 0) is 135 Å². The lowest BCUT2D eigenvalue weighted by molar-refractivity contribution is -0.167. The molecular formula is C72H120O6. The summed E-state index contributed by atoms with van der Waals surface area (Å²) in [6.45, 7) is 6.48. The Kier molecular flexibility index (Phi) is 61.8. The van der Waals surface area contributed by atoms with Crippen LogP contribution in [0.3, 0.4) is 0 Å². The Bertz CT molecular complexity index is 1620. The summed E-state index contributed by atoms with van der Waals surface area (Å²) < 4.78 is 16.9. The highest BCUT2D eigenvalue weighted by Crippen LogP contribution is 2.15. The number of carbonyl (C=O) groups is 3. The van der Waals surface area contributed by atoms with E-state index in [4.69, 9.17) is 14.2 Å². The molecule has 78 heavy (non-hydrogen) atoms. The fourth-order valence-corrected chi connectivity index (χ4v) is 8.80. The fraction of sp³-hybridized carbons (Fsp3) is 0.681. The molecule has 0 spiro atoms. The molecule has 0 saturated heterocycles. The van der Waals surface area contributed by atoms with Crippen molar-refractivity contribution in [3.05, 3.63) is 122 Å². The van der Waals surface area contributed by atoms with Crippen LogP contribution in [0.4, 0.5) is 0 Å². The minimum Gasteiger partial charge on any atom is -0.462 e. The zero-order valence-electron chi connectivity index (χ0n) is 50.9. The molecule has 0 rings (SSSR count). The third-order valence-electron chi connectivity index (χ3n) is 13.7. The molecule has 0 N–H and O–H groups in total. The molecule has 1 atom stereocenters. The molecule has 0 aliphatic heterocycles. The van der Waals surface area contributed by atoms with E-state index in [2.05, 4.69) is 142 Å². The molecule has 6 nitrogen and oxygen atoms in total. The molecule has 0 bridgehead atoms. The van der Waals surface area contributed by atoms with Gasteiger partial charge in [0.15, 0.2) is 6.10 Å². The van der Waals surface area contributed by atoms with Crippen LogP contribution in [0.2, 0.25) is 0 Å². The first kappa shape index (κ1) is 73.8. The van der Waals surface area contributed by atoms with Crippen molar-refractivity contribution in [1.82, 2.24) is 0 Å². The highest BCUT2D eigenvalue weighted by atomic mass is 16.6. The van der Waals surface area contributed by atoms with E-state index < -0.39 is 6.10 Å². The van der Waals surface area contributed by atoms with Crippen molar-refractivity contribution < 1.29 is 28.6 Å². The first-order valence-electron chi connectivity index (χ1n) is 32.5. The van der Waals surface area contributed by atoms with E-state index >= 15 is 0 Å². The number of carbonyl (C=O) groups excluding carboxylic acids is 3. The first-order valence-corrected chi connectivity index (χ1v) is 32.5. The van der Waals surface area contributed by atoms with Crippen LogP contribution in [-0.2, 0) is 28.6 Å². The van der Waals surface area contributed by atoms with Crippen LogP contribution in [-0.4, -0.2) is 37.2 Å². The molecule has 0 saturated carbocycles. The maximum atomic E-state index is 12.8. The summed E-state index contributed by atoms with van der Waals surface area (Å²) in [7, 11) is 0. The predicted molar refractivity (Wildman–Crippen MR) is 339 cm³/mol. The first-order chi connectivity index (χ1) is 38.5. The van der Waals surface area contributed by atoms with Crippen molar-refractivity contribution in [2.45, 2.75) is 303 Å². The lowest BCUT2D eigenvalue weighted by Crippen LogP contribution is -2.30. The van der Waals surface area contributed by atoms with Crippen molar-refractivity contribution in [2.75, 3.05) is 13.2 Å². The van der Waals surface area contributed by atoms with E-state index in [1.807, 2.05) is 0 Å². The maximum Gasteiger partial charge on any atom is 0.306 e. The summed E-state index contributed by atoms with van der Waals surface area (Å²) in [5.74, 6) is -0.905. The summed E-state index contributed by atoms with van der Waals surface area (Å²) in [5.41, 5.74) is 0. The lowest BCUT2D eigenvalue weighted by atomic mass is 10.1. The van der Waals surface area contributed by atoms with Crippen LogP contribution >= 0.6 is 0 Å². The molecule has 0 radical (unpaired) electrons. The molecule has 0 aromatic carbocycles. The van der Waals surface area contributed by atoms with E-state index in [9.17, 15) is 14.4 Å². The second-order valence-electron chi connectivity index (χ2n) is 21.3. The van der Waals surface area contributed by atoms with Gasteiger partial charge in [0.1, 0.15) is 13.2 Å². The van der Waals surface area contributed by atoms with E-state index in [0.717, 1.165) is 128 Å². The minimum atomic E-state index is -0.788. The van der Waals surface area contributed by atoms with Crippen LogP contribution in [0.15, 0.2) is 122 Å². The Morgan fingerprint density at radius 1 is 0.269 bits per heavy atom. The van der Waals surface area contributed by atoms with Gasteiger partial charge in [0, 0.05) is 19.3 Å². The van der Waals surface area contributed by atoms with E-state index in [1.54, 1.807) is 0 Å². The van der Waals surface area contributed by atoms with Crippen LogP contribution in [0.5, 0.6) is 0 Å². The van der Waals surface area contributed by atoms with Crippen molar-refractivity contribution in [3.63, 3.8) is 0 Å². The average molecular weight is 1080 g/mol. The van der Waals surface area contributed by atoms with Gasteiger partial charge in [-0.3, -0.25) is 14.4 Å². The number of unbranched alkanes of at least 4 members (excludes halogenated alkanes) is 27. The molecule has 0 heterocycles. The van der Waals surface area contributed by atoms with Gasteiger partial charge in [0.2, 0.25) is 0 Å². The second kappa shape index (κ2) is 65.3. The number of esters is 3. The molecule has 0 aliphatic carbocycles. The molecule has 0 aromatic heterocycles. The third kappa shape index (κ3) is 62.7. The van der Waals surface area contributed by atoms with Gasteiger partial charge in [0.05, 0.1) is 0 Å². The van der Waals surface area contributed by atoms with Crippen LogP contribution in [0.1, 0.15) is 297 Å². The number of allylic oxidation sites excluding steroid dienone is 20. The van der Waals surface area contributed by atoms with Crippen molar-refractivity contribution in [3.8, 4) is 0 Å². The van der Waals surface area contributed by atoms with Gasteiger partial charge in [-0.15, -0.1) is 0 Å². The van der Waals surface area contributed by atoms with E-state index in [1.165, 1.54) is 128 Å². The van der Waals surface area contributed by atoms with Crippen molar-refractivity contribution in [2.24, 2.45) is 0 Å². The molecule has 0 aromatic rings. The zero-order valence-corrected chi connectivity index (χ0v) is 50.9. The van der Waals surface area contributed by atoms with Gasteiger partial charge >= 0.3 is 17.9 Å². The number of hydrogen-bond acceptors (Lipinski definition) is 6. The van der Waals surface area contributed by atoms with Crippen molar-refractivity contribution >= 4 is 17.9 Å². The molecule has 444 valence electrons. The number of ether oxygens (including phenoxy) is 3. The van der Waals surface area contributed by atoms with Gasteiger partial charge in [-0.2, -0.15) is 0 Å². The van der Waals surface area contributed by atoms with Crippen LogP contribution in [0.25, 0.3) is 0 Å². The summed E-state index contributed by atoms with van der Waals surface area (Å²) in [6, 6.07) is 0. The van der Waals surface area contributed by atoms with Crippen LogP contribution in [0, 0.1) is 0 Å². The smallest absolute Gasteiger partial charge is 0.306 e. The van der Waals surface area contributed by atoms with Gasteiger partial charge in [-0.1, -0.05) is 264 Å². The molecule has 0 aliphatic rings. The summed E-state index contributed by atoms with van der Waals surface area (Å²) >= 11 is 0. The van der Waals surface area contributed by atoms with E-state index in [0.29, 0.717) is 19.3 Å². The summed E-state index contributed by atoms with van der Waals surface area (Å²) in [5, 5.41) is 0. The minimum absolute atomic E-state index is 0.0863. The van der Waals surface area contributed by atoms with Gasteiger partial charge < -0.3 is 14.2 Å². The van der Waals surface area contributed by atoms with Gasteiger partial charge in [0.25, 0.3) is 0 Å².